The predicted molar refractivity (Wildman–Crippen MR) is 51.3 cm³/mol. The molecule has 0 fully saturated rings. The van der Waals surface area contributed by atoms with Gasteiger partial charge in [0, 0.05) is 13.2 Å². The molecule has 1 rings (SSSR count). The molecule has 0 bridgehead atoms. The van der Waals surface area contributed by atoms with Crippen LogP contribution >= 0.6 is 0 Å². The van der Waals surface area contributed by atoms with Crippen molar-refractivity contribution in [3.05, 3.63) is 18.7 Å². The van der Waals surface area contributed by atoms with Crippen LogP contribution in [0.4, 0.5) is 0 Å². The molecule has 13 heavy (non-hydrogen) atoms. The third kappa shape index (κ3) is 4.68. The molecule has 0 unspecified atom stereocenters. The fourth-order valence-corrected chi connectivity index (χ4v) is 1.28. The van der Waals surface area contributed by atoms with E-state index in [1.165, 1.54) is 19.3 Å². The molecule has 0 aliphatic rings. The van der Waals surface area contributed by atoms with Gasteiger partial charge in [0.1, 0.15) is 12.4 Å². The van der Waals surface area contributed by atoms with Crippen molar-refractivity contribution in [3.63, 3.8) is 0 Å². The van der Waals surface area contributed by atoms with Gasteiger partial charge in [0.25, 0.3) is 0 Å². The molecule has 3 heteroatoms. The van der Waals surface area contributed by atoms with E-state index in [9.17, 15) is 0 Å². The number of nitrogens with zero attached hydrogens (tertiary/aromatic N) is 1. The minimum Gasteiger partial charge on any atom is -0.382 e. The Morgan fingerprint density at radius 2 is 2.23 bits per heavy atom. The van der Waals surface area contributed by atoms with Gasteiger partial charge >= 0.3 is 0 Å². The fourth-order valence-electron chi connectivity index (χ4n) is 1.28. The molecule has 74 valence electrons. The summed E-state index contributed by atoms with van der Waals surface area (Å²) in [5.41, 5.74) is 0. The first-order chi connectivity index (χ1) is 6.43. The zero-order valence-corrected chi connectivity index (χ0v) is 8.33. The highest BCUT2D eigenvalue weighted by atomic mass is 16.5. The number of hydrogen-bond acceptors (Lipinski definition) is 1. The molecular formula is C10H19N2O+. The lowest BCUT2D eigenvalue weighted by Gasteiger charge is -1.99. The molecule has 1 aromatic rings. The Morgan fingerprint density at radius 1 is 1.31 bits per heavy atom. The average Bonchev–Trinajstić information content (AvgIpc) is 2.63. The van der Waals surface area contributed by atoms with E-state index in [1.54, 1.807) is 0 Å². The van der Waals surface area contributed by atoms with E-state index in [0.29, 0.717) is 0 Å². The van der Waals surface area contributed by atoms with E-state index in [0.717, 1.165) is 19.8 Å². The third-order valence-corrected chi connectivity index (χ3v) is 2.01. The molecule has 0 spiro atoms. The first kappa shape index (κ1) is 10.3. The van der Waals surface area contributed by atoms with Crippen LogP contribution in [0.15, 0.2) is 18.7 Å². The molecule has 0 amide bonds. The summed E-state index contributed by atoms with van der Waals surface area (Å²) in [7, 11) is 0. The van der Waals surface area contributed by atoms with Gasteiger partial charge in [0.05, 0.1) is 6.54 Å². The lowest BCUT2D eigenvalue weighted by molar-refractivity contribution is -0.696. The Balaban J connectivity index is 1.90. The van der Waals surface area contributed by atoms with Gasteiger partial charge in [0.2, 0.25) is 6.33 Å². The second kappa shape index (κ2) is 6.66. The number of unbranched alkanes of at least 4 members (excludes halogenated alkanes) is 2. The number of aryl methyl sites for hydroxylation is 1. The Morgan fingerprint density at radius 3 is 2.92 bits per heavy atom. The lowest BCUT2D eigenvalue weighted by atomic mass is 10.2. The maximum Gasteiger partial charge on any atom is 0.241 e. The van der Waals surface area contributed by atoms with Gasteiger partial charge in [-0.1, -0.05) is 0 Å². The summed E-state index contributed by atoms with van der Waals surface area (Å²) in [6, 6.07) is 0. The Kier molecular flexibility index (Phi) is 5.25. The van der Waals surface area contributed by atoms with E-state index in [1.807, 2.05) is 19.4 Å². The normalized spacial score (nSPS) is 10.5. The van der Waals surface area contributed by atoms with E-state index < -0.39 is 0 Å². The number of ether oxygens (including phenoxy) is 1. The maximum atomic E-state index is 5.26. The molecule has 0 aliphatic heterocycles. The number of H-pyrrole nitrogens is 1. The second-order valence-electron chi connectivity index (χ2n) is 3.11. The van der Waals surface area contributed by atoms with E-state index in [-0.39, 0.29) is 0 Å². The summed E-state index contributed by atoms with van der Waals surface area (Å²) in [4.78, 5) is 3.03. The number of imidazole rings is 1. The van der Waals surface area contributed by atoms with Crippen molar-refractivity contribution in [2.24, 2.45) is 0 Å². The number of rotatable bonds is 7. The second-order valence-corrected chi connectivity index (χ2v) is 3.11. The van der Waals surface area contributed by atoms with Crippen LogP contribution in [-0.2, 0) is 11.3 Å². The topological polar surface area (TPSA) is 28.9 Å². The Hall–Kier alpha value is -0.830. The summed E-state index contributed by atoms with van der Waals surface area (Å²) in [6.45, 7) is 4.89. The molecular weight excluding hydrogens is 164 g/mol. The van der Waals surface area contributed by atoms with Gasteiger partial charge in [-0.05, 0) is 26.2 Å². The van der Waals surface area contributed by atoms with Crippen LogP contribution in [0.1, 0.15) is 26.2 Å². The Bertz CT molecular complexity index is 197. The highest BCUT2D eigenvalue weighted by molar-refractivity contribution is 4.55. The van der Waals surface area contributed by atoms with E-state index >= 15 is 0 Å². The van der Waals surface area contributed by atoms with Crippen molar-refractivity contribution in [1.82, 2.24) is 4.98 Å². The zero-order chi connectivity index (χ0) is 9.36. The van der Waals surface area contributed by atoms with Crippen LogP contribution in [0.25, 0.3) is 0 Å². The molecule has 1 aromatic heterocycles. The summed E-state index contributed by atoms with van der Waals surface area (Å²) < 4.78 is 7.43. The lowest BCUT2D eigenvalue weighted by Crippen LogP contribution is -2.30. The van der Waals surface area contributed by atoms with Crippen LogP contribution in [-0.4, -0.2) is 18.2 Å². The SMILES string of the molecule is CCOCCCCC[n+]1cc[nH]c1. The van der Waals surface area contributed by atoms with Crippen LogP contribution in [0.5, 0.6) is 0 Å². The van der Waals surface area contributed by atoms with Crippen LogP contribution in [0.2, 0.25) is 0 Å². The van der Waals surface area contributed by atoms with Crippen molar-refractivity contribution in [3.8, 4) is 0 Å². The van der Waals surface area contributed by atoms with Crippen molar-refractivity contribution >= 4 is 0 Å². The minimum atomic E-state index is 0.840. The summed E-state index contributed by atoms with van der Waals surface area (Å²) >= 11 is 0. The van der Waals surface area contributed by atoms with Crippen molar-refractivity contribution in [2.75, 3.05) is 13.2 Å². The fraction of sp³-hybridized carbons (Fsp3) is 0.700. The summed E-state index contributed by atoms with van der Waals surface area (Å²) in [5.74, 6) is 0. The van der Waals surface area contributed by atoms with Gasteiger partial charge in [-0.15, -0.1) is 0 Å². The molecule has 0 saturated heterocycles. The minimum absolute atomic E-state index is 0.840. The number of hydrogen-bond donors (Lipinski definition) is 1. The first-order valence-electron chi connectivity index (χ1n) is 5.03. The van der Waals surface area contributed by atoms with Gasteiger partial charge in [0.15, 0.2) is 0 Å². The average molecular weight is 183 g/mol. The molecule has 0 radical (unpaired) electrons. The number of aromatic nitrogens is 2. The maximum absolute atomic E-state index is 5.26. The summed E-state index contributed by atoms with van der Waals surface area (Å²) in [5, 5.41) is 0. The van der Waals surface area contributed by atoms with Crippen molar-refractivity contribution < 1.29 is 9.30 Å². The largest absolute Gasteiger partial charge is 0.382 e. The van der Waals surface area contributed by atoms with Crippen molar-refractivity contribution in [1.29, 1.82) is 0 Å². The van der Waals surface area contributed by atoms with Gasteiger partial charge in [-0.2, -0.15) is 0 Å². The number of nitrogens with one attached hydrogen (secondary N) is 1. The Labute approximate surface area is 79.7 Å². The quantitative estimate of drug-likeness (QED) is 0.504. The monoisotopic (exact) mass is 183 g/mol. The third-order valence-electron chi connectivity index (χ3n) is 2.01. The number of aromatic amines is 1. The van der Waals surface area contributed by atoms with Crippen LogP contribution in [0, 0.1) is 0 Å². The molecule has 1 N–H and O–H groups in total. The molecule has 1 heterocycles. The highest BCUT2D eigenvalue weighted by Crippen LogP contribution is 1.95. The van der Waals surface area contributed by atoms with Crippen LogP contribution in [0.3, 0.4) is 0 Å². The molecule has 0 saturated carbocycles. The predicted octanol–water partition coefficient (Wildman–Crippen LogP) is 1.51. The smallest absolute Gasteiger partial charge is 0.241 e. The van der Waals surface area contributed by atoms with Gasteiger partial charge in [-0.25, -0.2) is 4.57 Å². The molecule has 0 aromatic carbocycles. The standard InChI is InChI=1S/C10H18N2O/c1-2-13-9-5-3-4-7-12-8-6-11-10-12/h6,8,10H,2-5,7,9H2,1H3/p+1. The van der Waals surface area contributed by atoms with Gasteiger partial charge in [-0.3, -0.25) is 4.98 Å². The molecule has 0 aliphatic carbocycles. The summed E-state index contributed by atoms with van der Waals surface area (Å²) in [6.07, 6.45) is 9.65. The molecule has 0 atom stereocenters. The van der Waals surface area contributed by atoms with E-state index in [4.69, 9.17) is 4.74 Å². The molecule has 3 nitrogen and oxygen atoms in total. The highest BCUT2D eigenvalue weighted by Gasteiger charge is 1.95. The van der Waals surface area contributed by atoms with Crippen LogP contribution < -0.4 is 4.57 Å². The van der Waals surface area contributed by atoms with E-state index in [2.05, 4.69) is 15.7 Å². The zero-order valence-electron chi connectivity index (χ0n) is 8.33. The van der Waals surface area contributed by atoms with Gasteiger partial charge < -0.3 is 4.74 Å². The first-order valence-corrected chi connectivity index (χ1v) is 5.03. The van der Waals surface area contributed by atoms with Crippen molar-refractivity contribution in [2.45, 2.75) is 32.7 Å².